The van der Waals surface area contributed by atoms with Gasteiger partial charge in [-0.1, -0.05) is 6.07 Å². The van der Waals surface area contributed by atoms with E-state index in [4.69, 9.17) is 28.4 Å². The highest BCUT2D eigenvalue weighted by molar-refractivity contribution is 7.89. The fraction of sp³-hybridized carbons (Fsp3) is 0.321. The third-order valence-electron chi connectivity index (χ3n) is 8.05. The van der Waals surface area contributed by atoms with Gasteiger partial charge in [-0.25, -0.2) is 13.1 Å². The van der Waals surface area contributed by atoms with Crippen LogP contribution in [-0.4, -0.2) is 57.9 Å². The topological polar surface area (TPSA) is 144 Å². The molecular weight excluding hydrogens is 586 g/mol. The van der Waals surface area contributed by atoms with Crippen LogP contribution in [0.2, 0.25) is 0 Å². The van der Waals surface area contributed by atoms with Crippen LogP contribution in [0.1, 0.15) is 28.7 Å². The third kappa shape index (κ3) is 4.04. The van der Waals surface area contributed by atoms with Crippen molar-refractivity contribution in [1.29, 1.82) is 0 Å². The molecule has 0 saturated carbocycles. The highest BCUT2D eigenvalue weighted by Crippen LogP contribution is 2.56. The Kier molecular flexibility index (Phi) is 6.36. The summed E-state index contributed by atoms with van der Waals surface area (Å²) in [7, 11) is 0.426. The molecule has 3 heterocycles. The molecule has 1 N–H and O–H groups in total. The van der Waals surface area contributed by atoms with Crippen LogP contribution in [0, 0.1) is 11.8 Å². The maximum atomic E-state index is 13.9. The maximum Gasteiger partial charge on any atom is 0.310 e. The number of ether oxygens (including phenoxy) is 6. The van der Waals surface area contributed by atoms with Gasteiger partial charge in [-0.05, 0) is 53.1 Å². The fourth-order valence-corrected chi connectivity index (χ4v) is 8.26. The van der Waals surface area contributed by atoms with Crippen LogP contribution < -0.4 is 28.4 Å². The Hall–Kier alpha value is -4.14. The molecule has 42 heavy (non-hydrogen) atoms. The molecular formula is C28H25N3O9S2. The number of aromatic nitrogens is 2. The smallest absolute Gasteiger partial charge is 0.310 e. The number of sulfonamides is 1. The highest BCUT2D eigenvalue weighted by atomic mass is 32.2. The number of hydrogen-bond acceptors (Lipinski definition) is 12. The molecule has 1 saturated heterocycles. The number of esters is 1. The zero-order valence-corrected chi connectivity index (χ0v) is 24.3. The number of nitrogens with one attached hydrogen (secondary N) is 1. The molecule has 12 nitrogen and oxygen atoms in total. The molecule has 7 rings (SSSR count). The van der Waals surface area contributed by atoms with E-state index in [1.165, 1.54) is 27.4 Å². The van der Waals surface area contributed by atoms with Crippen molar-refractivity contribution in [2.45, 2.75) is 16.9 Å². The van der Waals surface area contributed by atoms with Crippen LogP contribution in [0.4, 0.5) is 0 Å². The molecule has 1 fully saturated rings. The van der Waals surface area contributed by atoms with E-state index >= 15 is 0 Å². The summed E-state index contributed by atoms with van der Waals surface area (Å²) < 4.78 is 72.8. The zero-order chi connectivity index (χ0) is 29.2. The number of benzene rings is 3. The first-order valence-corrected chi connectivity index (χ1v) is 15.2. The summed E-state index contributed by atoms with van der Waals surface area (Å²) in [6.07, 6.45) is 0. The molecule has 1 aliphatic carbocycles. The molecule has 3 aliphatic rings. The normalized spacial score (nSPS) is 22.4. The van der Waals surface area contributed by atoms with Crippen LogP contribution in [0.5, 0.6) is 28.7 Å². The number of rotatable bonds is 7. The van der Waals surface area contributed by atoms with Crippen molar-refractivity contribution < 1.29 is 41.6 Å². The molecule has 0 bridgehead atoms. The third-order valence-corrected chi connectivity index (χ3v) is 10.1. The summed E-state index contributed by atoms with van der Waals surface area (Å²) in [6.45, 7) is 0.0468. The van der Waals surface area contributed by atoms with Gasteiger partial charge >= 0.3 is 5.97 Å². The first-order chi connectivity index (χ1) is 20.3. The second-order valence-electron chi connectivity index (χ2n) is 10.1. The number of carbonyl (C=O) groups is 1. The molecule has 4 atom stereocenters. The second kappa shape index (κ2) is 10.00. The molecule has 0 radical (unpaired) electrons. The lowest BCUT2D eigenvalue weighted by molar-refractivity contribution is -0.141. The van der Waals surface area contributed by atoms with E-state index in [0.717, 1.165) is 11.7 Å². The minimum absolute atomic E-state index is 0.00425. The monoisotopic (exact) mass is 611 g/mol. The van der Waals surface area contributed by atoms with Gasteiger partial charge in [0.15, 0.2) is 23.0 Å². The summed E-state index contributed by atoms with van der Waals surface area (Å²) in [5, 5.41) is 0. The molecule has 0 amide bonds. The molecule has 0 spiro atoms. The Morgan fingerprint density at radius 3 is 2.33 bits per heavy atom. The molecule has 3 aromatic carbocycles. The lowest BCUT2D eigenvalue weighted by Gasteiger charge is -2.39. The van der Waals surface area contributed by atoms with Crippen LogP contribution in [0.25, 0.3) is 11.0 Å². The molecule has 14 heteroatoms. The highest BCUT2D eigenvalue weighted by Gasteiger charge is 2.53. The summed E-state index contributed by atoms with van der Waals surface area (Å²) >= 11 is 0.937. The van der Waals surface area contributed by atoms with Crippen molar-refractivity contribution in [3.63, 3.8) is 0 Å². The van der Waals surface area contributed by atoms with Gasteiger partial charge in [-0.3, -0.25) is 4.79 Å². The molecule has 0 unspecified atom stereocenters. The van der Waals surface area contributed by atoms with E-state index in [1.807, 2.05) is 0 Å². The summed E-state index contributed by atoms with van der Waals surface area (Å²) in [6, 6.07) is 11.2. The van der Waals surface area contributed by atoms with Crippen LogP contribution in [-0.2, 0) is 19.6 Å². The van der Waals surface area contributed by atoms with Gasteiger partial charge < -0.3 is 28.4 Å². The van der Waals surface area contributed by atoms with Crippen molar-refractivity contribution in [1.82, 2.24) is 13.5 Å². The van der Waals surface area contributed by atoms with Gasteiger partial charge in [0.1, 0.15) is 15.9 Å². The quantitative estimate of drug-likeness (QED) is 0.307. The number of nitrogens with zero attached hydrogens (tertiary/aromatic N) is 2. The van der Waals surface area contributed by atoms with Gasteiger partial charge in [-0.2, -0.15) is 8.75 Å². The fourth-order valence-electron chi connectivity index (χ4n) is 6.22. The van der Waals surface area contributed by atoms with Crippen LogP contribution in [0.15, 0.2) is 47.4 Å². The first-order valence-electron chi connectivity index (χ1n) is 13.0. The Labute approximate surface area is 244 Å². The zero-order valence-electron chi connectivity index (χ0n) is 22.7. The second-order valence-corrected chi connectivity index (χ2v) is 12.3. The Balaban J connectivity index is 1.41. The van der Waals surface area contributed by atoms with Crippen LogP contribution in [0.3, 0.4) is 0 Å². The van der Waals surface area contributed by atoms with E-state index in [2.05, 4.69) is 13.5 Å². The summed E-state index contributed by atoms with van der Waals surface area (Å²) in [4.78, 5) is 13.4. The van der Waals surface area contributed by atoms with Gasteiger partial charge in [0, 0.05) is 11.8 Å². The lowest BCUT2D eigenvalue weighted by atomic mass is 9.65. The Morgan fingerprint density at radius 2 is 1.64 bits per heavy atom. The average Bonchev–Trinajstić information content (AvgIpc) is 3.75. The molecule has 218 valence electrons. The molecule has 4 aromatic rings. The van der Waals surface area contributed by atoms with Gasteiger partial charge in [0.2, 0.25) is 22.6 Å². The molecule has 1 aromatic heterocycles. The summed E-state index contributed by atoms with van der Waals surface area (Å²) in [5.74, 6) is -0.0246. The van der Waals surface area contributed by atoms with Crippen molar-refractivity contribution in [3.05, 3.63) is 59.2 Å². The SMILES string of the molecule is COc1cc([C@@H]2c3cc4c(cc3[C@@H](NS(=O)(=O)c3cccc5nsnc35)[C@H]3COC(=O)[C@H]23)OCO4)cc(OC)c1OC. The Bertz CT molecular complexity index is 1820. The van der Waals surface area contributed by atoms with Gasteiger partial charge in [0.25, 0.3) is 0 Å². The number of carbonyl (C=O) groups excluding carboxylic acids is 1. The van der Waals surface area contributed by atoms with Crippen LogP contribution >= 0.6 is 11.7 Å². The summed E-state index contributed by atoms with van der Waals surface area (Å²) in [5.41, 5.74) is 2.80. The minimum atomic E-state index is -4.12. The number of hydrogen-bond donors (Lipinski definition) is 1. The van der Waals surface area contributed by atoms with Gasteiger partial charge in [0.05, 0.1) is 51.6 Å². The van der Waals surface area contributed by atoms with E-state index < -0.39 is 39.8 Å². The van der Waals surface area contributed by atoms with Crippen molar-refractivity contribution in [3.8, 4) is 28.7 Å². The van der Waals surface area contributed by atoms with E-state index in [9.17, 15) is 13.2 Å². The average molecular weight is 612 g/mol. The lowest BCUT2D eigenvalue weighted by Crippen LogP contribution is -2.42. The van der Waals surface area contributed by atoms with Crippen molar-refractivity contribution >= 4 is 38.8 Å². The first kappa shape index (κ1) is 26.7. The number of cyclic esters (lactones) is 1. The van der Waals surface area contributed by atoms with Gasteiger partial charge in [-0.15, -0.1) is 0 Å². The standard InChI is InChI=1S/C28H25N3O9S2/c1-35-20-7-13(8-21(36-2)27(20)37-3)23-14-9-18-19(40-12-39-18)10-15(14)25(16-11-38-28(32)24(16)23)31-42(33,34)22-6-4-5-17-26(22)30-41-29-17/h4-10,16,23-25,31H,11-12H2,1-3H3/t16-,23+,24-,25+/m0/s1. The molecule has 2 aliphatic heterocycles. The van der Waals surface area contributed by atoms with E-state index in [-0.39, 0.29) is 23.8 Å². The van der Waals surface area contributed by atoms with E-state index in [1.54, 1.807) is 36.4 Å². The largest absolute Gasteiger partial charge is 0.493 e. The van der Waals surface area contributed by atoms with Crippen molar-refractivity contribution in [2.24, 2.45) is 11.8 Å². The number of methoxy groups -OCH3 is 3. The van der Waals surface area contributed by atoms with E-state index in [0.29, 0.717) is 51.0 Å². The Morgan fingerprint density at radius 1 is 0.929 bits per heavy atom. The predicted octanol–water partition coefficient (Wildman–Crippen LogP) is 3.40. The minimum Gasteiger partial charge on any atom is -0.493 e. The predicted molar refractivity (Wildman–Crippen MR) is 149 cm³/mol. The maximum absolute atomic E-state index is 13.9. The number of fused-ring (bicyclic) bond motifs is 4. The van der Waals surface area contributed by atoms with Crippen molar-refractivity contribution in [2.75, 3.05) is 34.7 Å².